The first kappa shape index (κ1) is 31.7. The van der Waals surface area contributed by atoms with Crippen molar-refractivity contribution in [1.29, 1.82) is 0 Å². The number of hydrogen-bond donors (Lipinski definition) is 0. The second-order valence-corrected chi connectivity index (χ2v) is 17.0. The highest BCUT2D eigenvalue weighted by Crippen LogP contribution is 2.53. The molecule has 10 aromatic rings. The zero-order chi connectivity index (χ0) is 37.5. The quantitative estimate of drug-likeness (QED) is 0.172. The lowest BCUT2D eigenvalue weighted by atomic mass is 9.82. The van der Waals surface area contributed by atoms with Crippen LogP contribution in [0.1, 0.15) is 49.9 Å². The highest BCUT2D eigenvalue weighted by atomic mass is 15.0. The molecule has 0 saturated carbocycles. The van der Waals surface area contributed by atoms with Crippen LogP contribution in [0.25, 0.3) is 88.4 Å². The summed E-state index contributed by atoms with van der Waals surface area (Å²) >= 11 is 0. The number of benzene rings is 8. The molecule has 8 aromatic carbocycles. The van der Waals surface area contributed by atoms with Crippen LogP contribution in [0.2, 0.25) is 0 Å². The van der Waals surface area contributed by atoms with Gasteiger partial charge in [-0.2, -0.15) is 0 Å². The molecule has 0 spiro atoms. The minimum Gasteiger partial charge on any atom is -0.309 e. The SMILES string of the molecule is CC1(C)c2ccccc2-c2cc3c4cc(-c5ccc6c(c5)c5cc7c(cc5n6-c5ccccc5)C(C)(C)c5ccccc5-7)ccc4n(-c4ccccc4)c3cc21. The summed E-state index contributed by atoms with van der Waals surface area (Å²) in [6.45, 7) is 9.48. The van der Waals surface area contributed by atoms with Crippen molar-refractivity contribution in [3.05, 3.63) is 192 Å². The van der Waals surface area contributed by atoms with E-state index in [9.17, 15) is 0 Å². The molecule has 0 saturated heterocycles. The highest BCUT2D eigenvalue weighted by Gasteiger charge is 2.37. The molecule has 0 bridgehead atoms. The predicted octanol–water partition coefficient (Wildman–Crippen LogP) is 14.2. The molecule has 2 aliphatic carbocycles. The van der Waals surface area contributed by atoms with Gasteiger partial charge >= 0.3 is 0 Å². The van der Waals surface area contributed by atoms with E-state index in [1.807, 2.05) is 0 Å². The average molecular weight is 717 g/mol. The molecular weight excluding hydrogens is 677 g/mol. The first-order valence-electron chi connectivity index (χ1n) is 19.9. The Morgan fingerprint density at radius 1 is 0.304 bits per heavy atom. The number of nitrogens with zero attached hydrogens (tertiary/aromatic N) is 2. The van der Waals surface area contributed by atoms with E-state index in [1.165, 1.54) is 111 Å². The lowest BCUT2D eigenvalue weighted by molar-refractivity contribution is 0.661. The molecule has 0 atom stereocenters. The van der Waals surface area contributed by atoms with Crippen LogP contribution in [0.3, 0.4) is 0 Å². The molecule has 0 amide bonds. The molecule has 266 valence electrons. The molecule has 0 radical (unpaired) electrons. The molecule has 56 heavy (non-hydrogen) atoms. The van der Waals surface area contributed by atoms with Gasteiger partial charge in [0.2, 0.25) is 0 Å². The number of fused-ring (bicyclic) bond motifs is 12. The van der Waals surface area contributed by atoms with Gasteiger partial charge in [0.05, 0.1) is 22.1 Å². The molecular formula is C54H40N2. The maximum atomic E-state index is 2.47. The predicted molar refractivity (Wildman–Crippen MR) is 236 cm³/mol. The second-order valence-electron chi connectivity index (χ2n) is 17.0. The van der Waals surface area contributed by atoms with Gasteiger partial charge in [-0.15, -0.1) is 0 Å². The van der Waals surface area contributed by atoms with Gasteiger partial charge in [0.1, 0.15) is 0 Å². The monoisotopic (exact) mass is 716 g/mol. The summed E-state index contributed by atoms with van der Waals surface area (Å²) in [6, 6.07) is 63.7. The Balaban J connectivity index is 1.11. The number of hydrogen-bond acceptors (Lipinski definition) is 0. The van der Waals surface area contributed by atoms with Gasteiger partial charge in [-0.1, -0.05) is 125 Å². The van der Waals surface area contributed by atoms with E-state index in [0.717, 1.165) is 0 Å². The van der Waals surface area contributed by atoms with Crippen LogP contribution in [0, 0.1) is 0 Å². The number of para-hydroxylation sites is 2. The van der Waals surface area contributed by atoms with Crippen molar-refractivity contribution in [3.8, 4) is 44.8 Å². The van der Waals surface area contributed by atoms with Crippen molar-refractivity contribution in [3.63, 3.8) is 0 Å². The summed E-state index contributed by atoms with van der Waals surface area (Å²) in [5.74, 6) is 0. The van der Waals surface area contributed by atoms with E-state index in [1.54, 1.807) is 0 Å². The van der Waals surface area contributed by atoms with Crippen LogP contribution in [0.5, 0.6) is 0 Å². The molecule has 2 aliphatic rings. The van der Waals surface area contributed by atoms with Gasteiger partial charge in [0, 0.05) is 43.7 Å². The van der Waals surface area contributed by atoms with Crippen molar-refractivity contribution >= 4 is 43.6 Å². The van der Waals surface area contributed by atoms with Gasteiger partial charge in [0.15, 0.2) is 0 Å². The summed E-state index contributed by atoms with van der Waals surface area (Å²) in [5, 5.41) is 5.12. The van der Waals surface area contributed by atoms with Gasteiger partial charge < -0.3 is 9.13 Å². The first-order chi connectivity index (χ1) is 27.3. The summed E-state index contributed by atoms with van der Waals surface area (Å²) in [4.78, 5) is 0. The maximum Gasteiger partial charge on any atom is 0.0544 e. The molecule has 2 aromatic heterocycles. The summed E-state index contributed by atoms with van der Waals surface area (Å²) < 4.78 is 4.93. The molecule has 0 unspecified atom stereocenters. The fourth-order valence-electron chi connectivity index (χ4n) is 10.5. The van der Waals surface area contributed by atoms with Gasteiger partial charge in [-0.3, -0.25) is 0 Å². The van der Waals surface area contributed by atoms with E-state index >= 15 is 0 Å². The van der Waals surface area contributed by atoms with Gasteiger partial charge in [-0.05, 0) is 128 Å². The van der Waals surface area contributed by atoms with E-state index in [-0.39, 0.29) is 10.8 Å². The number of aromatic nitrogens is 2. The second kappa shape index (κ2) is 11.0. The lowest BCUT2D eigenvalue weighted by Crippen LogP contribution is -2.14. The minimum atomic E-state index is -0.0739. The highest BCUT2D eigenvalue weighted by molar-refractivity contribution is 6.15. The molecule has 2 heterocycles. The van der Waals surface area contributed by atoms with Gasteiger partial charge in [0.25, 0.3) is 0 Å². The minimum absolute atomic E-state index is 0.0739. The van der Waals surface area contributed by atoms with Crippen molar-refractivity contribution in [2.45, 2.75) is 38.5 Å². The third-order valence-corrected chi connectivity index (χ3v) is 13.3. The average Bonchev–Trinajstić information content (AvgIpc) is 3.88. The van der Waals surface area contributed by atoms with Crippen molar-refractivity contribution in [1.82, 2.24) is 9.13 Å². The zero-order valence-corrected chi connectivity index (χ0v) is 32.1. The zero-order valence-electron chi connectivity index (χ0n) is 32.1. The van der Waals surface area contributed by atoms with Crippen LogP contribution in [-0.2, 0) is 10.8 Å². The Bertz CT molecular complexity index is 3060. The van der Waals surface area contributed by atoms with E-state index in [0.29, 0.717) is 0 Å². The van der Waals surface area contributed by atoms with Crippen LogP contribution in [0.4, 0.5) is 0 Å². The summed E-state index contributed by atoms with van der Waals surface area (Å²) in [6.07, 6.45) is 0. The molecule has 12 rings (SSSR count). The Morgan fingerprint density at radius 3 is 1.11 bits per heavy atom. The van der Waals surface area contributed by atoms with Crippen LogP contribution >= 0.6 is 0 Å². The molecule has 0 N–H and O–H groups in total. The molecule has 2 heteroatoms. The Labute approximate surface area is 326 Å². The first-order valence-corrected chi connectivity index (χ1v) is 19.9. The smallest absolute Gasteiger partial charge is 0.0544 e. The third kappa shape index (κ3) is 4.11. The fraction of sp³-hybridized carbons (Fsp3) is 0.111. The van der Waals surface area contributed by atoms with Crippen molar-refractivity contribution < 1.29 is 0 Å². The van der Waals surface area contributed by atoms with Crippen LogP contribution < -0.4 is 0 Å². The van der Waals surface area contributed by atoms with Crippen LogP contribution in [-0.4, -0.2) is 9.13 Å². The topological polar surface area (TPSA) is 9.86 Å². The Kier molecular flexibility index (Phi) is 6.22. The number of rotatable bonds is 3. The largest absolute Gasteiger partial charge is 0.309 e. The Hall–Kier alpha value is -6.64. The summed E-state index contributed by atoms with van der Waals surface area (Å²) in [5.41, 5.74) is 20.6. The van der Waals surface area contributed by atoms with E-state index < -0.39 is 0 Å². The fourth-order valence-corrected chi connectivity index (χ4v) is 10.5. The van der Waals surface area contributed by atoms with Gasteiger partial charge in [-0.25, -0.2) is 0 Å². The maximum absolute atomic E-state index is 2.47. The van der Waals surface area contributed by atoms with E-state index in [4.69, 9.17) is 0 Å². The van der Waals surface area contributed by atoms with Crippen molar-refractivity contribution in [2.75, 3.05) is 0 Å². The molecule has 0 fully saturated rings. The Morgan fingerprint density at radius 2 is 0.679 bits per heavy atom. The third-order valence-electron chi connectivity index (χ3n) is 13.3. The summed E-state index contributed by atoms with van der Waals surface area (Å²) in [7, 11) is 0. The lowest BCUT2D eigenvalue weighted by Gasteiger charge is -2.21. The standard InChI is InChI=1S/C54H40N2/c1-53(2)45-21-13-11-19-37(45)39-29-43-41-27-33(23-25-49(41)55(51(43)31-47(39)53)35-15-7-5-8-16-35)34-24-26-50-42(28-34)44-30-40-38-20-12-14-22-46(38)54(3,4)48(40)32-52(44)56(50)36-17-9-6-10-18-36/h5-32H,1-4H3. The molecule has 2 nitrogen and oxygen atoms in total. The normalized spacial score (nSPS) is 14.7. The molecule has 0 aliphatic heterocycles. The van der Waals surface area contributed by atoms with Crippen LogP contribution in [0.15, 0.2) is 170 Å². The van der Waals surface area contributed by atoms with Crippen molar-refractivity contribution in [2.24, 2.45) is 0 Å². The van der Waals surface area contributed by atoms with E-state index in [2.05, 4.69) is 207 Å².